The summed E-state index contributed by atoms with van der Waals surface area (Å²) < 4.78 is 0. The predicted molar refractivity (Wildman–Crippen MR) is 175 cm³/mol. The Bertz CT molecular complexity index is 1430. The molecule has 3 heterocycles. The average Bonchev–Trinajstić information content (AvgIpc) is 3.38. The molecule has 216 valence electrons. The first-order chi connectivity index (χ1) is 20.6. The van der Waals surface area contributed by atoms with Crippen molar-refractivity contribution in [1.29, 1.82) is 0 Å². The molecule has 0 spiro atoms. The topological polar surface area (TPSA) is 44.6 Å². The first kappa shape index (κ1) is 28.1. The van der Waals surface area contributed by atoms with E-state index in [-0.39, 0.29) is 5.41 Å². The molecule has 1 aromatic carbocycles. The third-order valence-electron chi connectivity index (χ3n) is 9.67. The van der Waals surface area contributed by atoms with Crippen LogP contribution in [0.4, 0.5) is 17.3 Å². The van der Waals surface area contributed by atoms with E-state index in [0.717, 1.165) is 43.9 Å². The van der Waals surface area contributed by atoms with E-state index in [1.54, 1.807) is 0 Å². The van der Waals surface area contributed by atoms with Crippen molar-refractivity contribution < 1.29 is 0 Å². The Morgan fingerprint density at radius 2 is 1.62 bits per heavy atom. The van der Waals surface area contributed by atoms with Crippen LogP contribution in [0, 0.1) is 11.3 Å². The molecular weight excluding hydrogens is 514 g/mol. The lowest BCUT2D eigenvalue weighted by Gasteiger charge is -2.40. The molecule has 2 aliphatic carbocycles. The van der Waals surface area contributed by atoms with Gasteiger partial charge in [-0.15, -0.1) is 0 Å². The Morgan fingerprint density at radius 3 is 2.29 bits per heavy atom. The molecule has 1 aliphatic heterocycles. The molecule has 3 atom stereocenters. The van der Waals surface area contributed by atoms with Crippen LogP contribution in [0.3, 0.4) is 0 Å². The van der Waals surface area contributed by atoms with Gasteiger partial charge in [-0.05, 0) is 117 Å². The fraction of sp³-hybridized carbons (Fsp3) is 0.378. The summed E-state index contributed by atoms with van der Waals surface area (Å²) in [6.07, 6.45) is 18.7. The van der Waals surface area contributed by atoms with Crippen LogP contribution in [0.2, 0.25) is 0 Å². The van der Waals surface area contributed by atoms with Gasteiger partial charge in [0.1, 0.15) is 11.6 Å². The van der Waals surface area contributed by atoms with E-state index >= 15 is 0 Å². The van der Waals surface area contributed by atoms with Crippen LogP contribution < -0.4 is 9.80 Å². The van der Waals surface area contributed by atoms with Crippen molar-refractivity contribution in [2.75, 3.05) is 16.3 Å². The summed E-state index contributed by atoms with van der Waals surface area (Å²) >= 11 is 0. The summed E-state index contributed by atoms with van der Waals surface area (Å²) in [4.78, 5) is 19.2. The zero-order chi connectivity index (χ0) is 28.9. The minimum absolute atomic E-state index is 0.186. The fourth-order valence-electron chi connectivity index (χ4n) is 7.38. The number of anilines is 3. The van der Waals surface area contributed by atoms with Crippen molar-refractivity contribution in [3.05, 3.63) is 114 Å². The van der Waals surface area contributed by atoms with Gasteiger partial charge in [0.2, 0.25) is 0 Å². The third-order valence-corrected chi connectivity index (χ3v) is 9.67. The van der Waals surface area contributed by atoms with Gasteiger partial charge in [-0.25, -0.2) is 9.97 Å². The zero-order valence-electron chi connectivity index (χ0n) is 25.3. The Labute approximate surface area is 251 Å². The summed E-state index contributed by atoms with van der Waals surface area (Å²) in [7, 11) is 0. The standard InChI is InChI=1S/C37H43N5/c1-4-38-33-27-41(30-15-6-5-7-16-30)34-18-13-23-37(3,26-32(34)28(33)2)29-14-12-17-31(22-21-29)42(35-19-8-10-24-39-35)36-20-9-11-25-40-36/h4-11,13,15-16,18-20,24-25,29,31H,12,14,17,21-23,26-27H2,1-3H3/b38-4-/t29-,31?,37?/m0/s1. The lowest BCUT2D eigenvalue weighted by Crippen LogP contribution is -2.33. The van der Waals surface area contributed by atoms with Gasteiger partial charge in [0, 0.05) is 36.0 Å². The smallest absolute Gasteiger partial charge is 0.134 e. The van der Waals surface area contributed by atoms with E-state index in [0.29, 0.717) is 12.0 Å². The van der Waals surface area contributed by atoms with Crippen LogP contribution in [-0.4, -0.2) is 28.8 Å². The van der Waals surface area contributed by atoms with E-state index in [4.69, 9.17) is 15.0 Å². The first-order valence-electron chi connectivity index (χ1n) is 15.6. The highest BCUT2D eigenvalue weighted by molar-refractivity contribution is 5.65. The molecule has 0 radical (unpaired) electrons. The summed E-state index contributed by atoms with van der Waals surface area (Å²) in [5, 5.41) is 0. The second-order valence-electron chi connectivity index (χ2n) is 12.3. The molecule has 3 aliphatic rings. The molecule has 0 saturated heterocycles. The monoisotopic (exact) mass is 557 g/mol. The highest BCUT2D eigenvalue weighted by Gasteiger charge is 2.40. The van der Waals surface area contributed by atoms with Crippen molar-refractivity contribution in [3.8, 4) is 0 Å². The molecule has 2 unspecified atom stereocenters. The van der Waals surface area contributed by atoms with E-state index in [1.807, 2.05) is 37.7 Å². The molecule has 3 aromatic rings. The number of benzene rings is 1. The fourth-order valence-corrected chi connectivity index (χ4v) is 7.38. The van der Waals surface area contributed by atoms with Crippen LogP contribution in [-0.2, 0) is 0 Å². The predicted octanol–water partition coefficient (Wildman–Crippen LogP) is 9.06. The molecule has 6 rings (SSSR count). The molecule has 5 heteroatoms. The Morgan fingerprint density at radius 1 is 0.905 bits per heavy atom. The van der Waals surface area contributed by atoms with Crippen molar-refractivity contribution in [3.63, 3.8) is 0 Å². The largest absolute Gasteiger partial charge is 0.335 e. The van der Waals surface area contributed by atoms with Gasteiger partial charge in [-0.3, -0.25) is 4.99 Å². The summed E-state index contributed by atoms with van der Waals surface area (Å²) in [5.74, 6) is 2.63. The molecule has 2 aromatic heterocycles. The zero-order valence-corrected chi connectivity index (χ0v) is 25.3. The number of rotatable bonds is 6. The maximum absolute atomic E-state index is 4.86. The van der Waals surface area contributed by atoms with Crippen molar-refractivity contribution >= 4 is 23.5 Å². The Balaban J connectivity index is 1.29. The molecule has 0 amide bonds. The van der Waals surface area contributed by atoms with E-state index in [2.05, 4.69) is 90.4 Å². The lowest BCUT2D eigenvalue weighted by molar-refractivity contribution is 0.166. The maximum atomic E-state index is 4.86. The SMILES string of the molecule is C/C=N\C1=C(C)C2=C(C=CCC(C)([C@H]3CCCC(N(c4ccccn4)c4ccccn4)CC3)C2)N(c2ccccc2)C1. The number of para-hydroxylation sites is 1. The number of pyridine rings is 2. The minimum Gasteiger partial charge on any atom is -0.335 e. The van der Waals surface area contributed by atoms with Gasteiger partial charge in [0.15, 0.2) is 0 Å². The second-order valence-corrected chi connectivity index (χ2v) is 12.3. The number of aromatic nitrogens is 2. The van der Waals surface area contributed by atoms with Gasteiger partial charge >= 0.3 is 0 Å². The van der Waals surface area contributed by atoms with Gasteiger partial charge < -0.3 is 9.80 Å². The van der Waals surface area contributed by atoms with Gasteiger partial charge in [-0.2, -0.15) is 0 Å². The summed E-state index contributed by atoms with van der Waals surface area (Å²) in [6.45, 7) is 7.67. The highest BCUT2D eigenvalue weighted by atomic mass is 15.3. The summed E-state index contributed by atoms with van der Waals surface area (Å²) in [5.41, 5.74) is 6.77. The molecule has 42 heavy (non-hydrogen) atoms. The number of allylic oxidation sites excluding steroid dienone is 4. The van der Waals surface area contributed by atoms with Crippen molar-refractivity contribution in [2.24, 2.45) is 16.3 Å². The second kappa shape index (κ2) is 12.5. The van der Waals surface area contributed by atoms with Crippen LogP contribution >= 0.6 is 0 Å². The Kier molecular flexibility index (Phi) is 8.36. The first-order valence-corrected chi connectivity index (χ1v) is 15.6. The molecule has 0 bridgehead atoms. The van der Waals surface area contributed by atoms with Crippen molar-refractivity contribution in [1.82, 2.24) is 9.97 Å². The van der Waals surface area contributed by atoms with Crippen LogP contribution in [0.1, 0.15) is 65.7 Å². The summed E-state index contributed by atoms with van der Waals surface area (Å²) in [6, 6.07) is 23.6. The maximum Gasteiger partial charge on any atom is 0.134 e. The number of nitrogens with zero attached hydrogens (tertiary/aromatic N) is 5. The highest BCUT2D eigenvalue weighted by Crippen LogP contribution is 2.50. The molecule has 1 fully saturated rings. The minimum atomic E-state index is 0.186. The van der Waals surface area contributed by atoms with Gasteiger partial charge in [0.05, 0.1) is 12.2 Å². The van der Waals surface area contributed by atoms with Crippen LogP contribution in [0.25, 0.3) is 0 Å². The van der Waals surface area contributed by atoms with Gasteiger partial charge in [0.25, 0.3) is 0 Å². The molecular formula is C37H43N5. The lowest BCUT2D eigenvalue weighted by atomic mass is 9.67. The van der Waals surface area contributed by atoms with E-state index < -0.39 is 0 Å². The quantitative estimate of drug-likeness (QED) is 0.224. The Hall–Kier alpha value is -3.99. The van der Waals surface area contributed by atoms with Crippen LogP contribution in [0.15, 0.2) is 119 Å². The van der Waals surface area contributed by atoms with E-state index in [1.165, 1.54) is 47.5 Å². The normalized spacial score (nSPS) is 24.9. The molecule has 5 nitrogen and oxygen atoms in total. The average molecular weight is 558 g/mol. The number of hydrogen-bond donors (Lipinski definition) is 0. The van der Waals surface area contributed by atoms with Crippen LogP contribution in [0.5, 0.6) is 0 Å². The third kappa shape index (κ3) is 5.70. The number of aliphatic imine (C=N–C) groups is 1. The van der Waals surface area contributed by atoms with E-state index in [9.17, 15) is 0 Å². The molecule has 0 N–H and O–H groups in total. The molecule has 1 saturated carbocycles. The van der Waals surface area contributed by atoms with Crippen molar-refractivity contribution in [2.45, 2.75) is 71.8 Å². The van der Waals surface area contributed by atoms with Gasteiger partial charge in [-0.1, -0.05) is 49.8 Å². The number of hydrogen-bond acceptors (Lipinski definition) is 5.